The molecule has 1 heterocycles. The number of phenolic OH excluding ortho intramolecular Hbond substituents is 1. The number of methoxy groups -OCH3 is 1. The molecule has 25 heavy (non-hydrogen) atoms. The Hall–Kier alpha value is -2.34. The van der Waals surface area contributed by atoms with Gasteiger partial charge in [-0.1, -0.05) is 0 Å². The fourth-order valence-electron chi connectivity index (χ4n) is 2.96. The number of fused-ring (bicyclic) bond motifs is 1. The summed E-state index contributed by atoms with van der Waals surface area (Å²) in [5.41, 5.74) is 2.50. The summed E-state index contributed by atoms with van der Waals surface area (Å²) >= 11 is 1.57. The van der Waals surface area contributed by atoms with Crippen LogP contribution in [0.2, 0.25) is 0 Å². The molecule has 0 saturated heterocycles. The third-order valence-electron chi connectivity index (χ3n) is 4.17. The number of carbonyl (C=O) groups is 1. The molecule has 2 aromatic rings. The van der Waals surface area contributed by atoms with Gasteiger partial charge in [0.05, 0.1) is 19.3 Å². The van der Waals surface area contributed by atoms with E-state index in [-0.39, 0.29) is 11.7 Å². The number of aryl methyl sites for hydroxylation is 1. The maximum Gasteiger partial charge on any atom is 0.341 e. The van der Waals surface area contributed by atoms with Crippen LogP contribution in [0.5, 0.6) is 11.5 Å². The first kappa shape index (κ1) is 17.5. The zero-order chi connectivity index (χ0) is 17.8. The standard InChI is InChI=1S/C19H21NO4S/c1-3-24-19(22)17-13-6-4-5-7-16(13)25-18(17)20-11-12-8-9-14(21)15(10-12)23-2/h8-11,21H,3-7H2,1-2H3. The van der Waals surface area contributed by atoms with Crippen molar-refractivity contribution in [2.24, 2.45) is 4.99 Å². The molecular weight excluding hydrogens is 338 g/mol. The summed E-state index contributed by atoms with van der Waals surface area (Å²) < 4.78 is 10.4. The van der Waals surface area contributed by atoms with E-state index in [1.807, 2.05) is 6.92 Å². The molecule has 5 nitrogen and oxygen atoms in total. The van der Waals surface area contributed by atoms with E-state index < -0.39 is 0 Å². The van der Waals surface area contributed by atoms with Gasteiger partial charge in [0.25, 0.3) is 0 Å². The number of ether oxygens (including phenoxy) is 2. The number of carbonyl (C=O) groups excluding carboxylic acids is 1. The molecule has 1 aromatic heterocycles. The van der Waals surface area contributed by atoms with Gasteiger partial charge in [-0.3, -0.25) is 0 Å². The Balaban J connectivity index is 1.96. The molecule has 0 radical (unpaired) electrons. The van der Waals surface area contributed by atoms with Gasteiger partial charge >= 0.3 is 5.97 Å². The summed E-state index contributed by atoms with van der Waals surface area (Å²) in [4.78, 5) is 18.2. The molecule has 3 rings (SSSR count). The lowest BCUT2D eigenvalue weighted by Gasteiger charge is -2.11. The Morgan fingerprint density at radius 1 is 1.36 bits per heavy atom. The highest BCUT2D eigenvalue weighted by Gasteiger charge is 2.25. The second-order valence-corrected chi connectivity index (χ2v) is 6.88. The highest BCUT2D eigenvalue weighted by molar-refractivity contribution is 7.16. The number of nitrogens with zero attached hydrogens (tertiary/aromatic N) is 1. The number of aliphatic imine (C=N–C) groups is 1. The van der Waals surface area contributed by atoms with E-state index in [1.165, 1.54) is 12.0 Å². The highest BCUT2D eigenvalue weighted by Crippen LogP contribution is 2.40. The molecule has 0 unspecified atom stereocenters. The van der Waals surface area contributed by atoms with Gasteiger partial charge in [0.1, 0.15) is 5.00 Å². The van der Waals surface area contributed by atoms with Crippen LogP contribution in [0.4, 0.5) is 5.00 Å². The predicted octanol–water partition coefficient (Wildman–Crippen LogP) is 4.27. The number of esters is 1. The number of phenols is 1. The van der Waals surface area contributed by atoms with Gasteiger partial charge in [0.2, 0.25) is 0 Å². The second-order valence-electron chi connectivity index (χ2n) is 5.80. The SMILES string of the molecule is CCOC(=O)c1c(N=Cc2ccc(O)c(OC)c2)sc2c1CCCC2. The first-order valence-electron chi connectivity index (χ1n) is 8.36. The van der Waals surface area contributed by atoms with E-state index in [0.717, 1.165) is 36.8 Å². The maximum atomic E-state index is 12.4. The van der Waals surface area contributed by atoms with E-state index in [2.05, 4.69) is 4.99 Å². The van der Waals surface area contributed by atoms with Crippen LogP contribution in [0, 0.1) is 0 Å². The van der Waals surface area contributed by atoms with E-state index >= 15 is 0 Å². The van der Waals surface area contributed by atoms with Crippen LogP contribution in [0.15, 0.2) is 23.2 Å². The first-order chi connectivity index (χ1) is 12.1. The lowest BCUT2D eigenvalue weighted by molar-refractivity contribution is 0.0526. The minimum absolute atomic E-state index is 0.0819. The molecule has 0 amide bonds. The average molecular weight is 359 g/mol. The third-order valence-corrected chi connectivity index (χ3v) is 5.37. The van der Waals surface area contributed by atoms with Crippen LogP contribution in [0.3, 0.4) is 0 Å². The predicted molar refractivity (Wildman–Crippen MR) is 98.8 cm³/mol. The van der Waals surface area contributed by atoms with Gasteiger partial charge < -0.3 is 14.6 Å². The summed E-state index contributed by atoms with van der Waals surface area (Å²) in [6, 6.07) is 5.02. The van der Waals surface area contributed by atoms with Crippen molar-refractivity contribution in [3.8, 4) is 11.5 Å². The van der Waals surface area contributed by atoms with E-state index in [4.69, 9.17) is 9.47 Å². The van der Waals surface area contributed by atoms with E-state index in [9.17, 15) is 9.90 Å². The van der Waals surface area contributed by atoms with Crippen LogP contribution < -0.4 is 4.74 Å². The van der Waals surface area contributed by atoms with Gasteiger partial charge in [-0.2, -0.15) is 0 Å². The molecule has 1 aromatic carbocycles. The van der Waals surface area contributed by atoms with Gasteiger partial charge in [-0.25, -0.2) is 9.79 Å². The van der Waals surface area contributed by atoms with Crippen molar-refractivity contribution in [3.05, 3.63) is 39.8 Å². The molecule has 0 spiro atoms. The fraction of sp³-hybridized carbons (Fsp3) is 0.368. The largest absolute Gasteiger partial charge is 0.504 e. The number of rotatable bonds is 5. The highest BCUT2D eigenvalue weighted by atomic mass is 32.1. The number of hydrogen-bond donors (Lipinski definition) is 1. The Kier molecular flexibility index (Phi) is 5.38. The Morgan fingerprint density at radius 3 is 2.92 bits per heavy atom. The third kappa shape index (κ3) is 3.69. The van der Waals surface area contributed by atoms with Gasteiger partial charge in [0, 0.05) is 11.1 Å². The van der Waals surface area contributed by atoms with Crippen LogP contribution in [0.1, 0.15) is 46.1 Å². The van der Waals surface area contributed by atoms with Crippen LogP contribution in [0.25, 0.3) is 0 Å². The molecule has 0 bridgehead atoms. The lowest BCUT2D eigenvalue weighted by Crippen LogP contribution is -2.09. The van der Waals surface area contributed by atoms with Crippen LogP contribution in [-0.2, 0) is 17.6 Å². The Labute approximate surface area is 150 Å². The monoisotopic (exact) mass is 359 g/mol. The topological polar surface area (TPSA) is 68.1 Å². The van der Waals surface area contributed by atoms with Crippen molar-refractivity contribution in [1.82, 2.24) is 0 Å². The van der Waals surface area contributed by atoms with E-state index in [0.29, 0.717) is 22.9 Å². The van der Waals surface area contributed by atoms with Crippen molar-refractivity contribution < 1.29 is 19.4 Å². The van der Waals surface area contributed by atoms with Gasteiger partial charge in [-0.05, 0) is 61.9 Å². The molecule has 1 aliphatic carbocycles. The smallest absolute Gasteiger partial charge is 0.341 e. The van der Waals surface area contributed by atoms with Crippen LogP contribution >= 0.6 is 11.3 Å². The number of aromatic hydroxyl groups is 1. The molecule has 0 fully saturated rings. The lowest BCUT2D eigenvalue weighted by atomic mass is 9.95. The molecule has 0 atom stereocenters. The van der Waals surface area contributed by atoms with Crippen molar-refractivity contribution >= 4 is 28.5 Å². The fourth-order valence-corrected chi connectivity index (χ4v) is 4.18. The summed E-state index contributed by atoms with van der Waals surface area (Å²) in [7, 11) is 1.50. The molecule has 1 aliphatic rings. The summed E-state index contributed by atoms with van der Waals surface area (Å²) in [5.74, 6) is 0.177. The van der Waals surface area contributed by atoms with Crippen LogP contribution in [-0.4, -0.2) is 31.0 Å². The van der Waals surface area contributed by atoms with Crippen molar-refractivity contribution in [1.29, 1.82) is 0 Å². The normalized spacial score (nSPS) is 13.7. The Morgan fingerprint density at radius 2 is 2.16 bits per heavy atom. The van der Waals surface area contributed by atoms with E-state index in [1.54, 1.807) is 35.8 Å². The molecule has 6 heteroatoms. The molecule has 0 saturated carbocycles. The zero-order valence-corrected chi connectivity index (χ0v) is 15.2. The molecular formula is C19H21NO4S. The molecule has 1 N–H and O–H groups in total. The summed E-state index contributed by atoms with van der Waals surface area (Å²) in [5, 5.41) is 10.4. The maximum absolute atomic E-state index is 12.4. The van der Waals surface area contributed by atoms with Gasteiger partial charge in [0.15, 0.2) is 11.5 Å². The first-order valence-corrected chi connectivity index (χ1v) is 9.18. The van der Waals surface area contributed by atoms with Crippen molar-refractivity contribution in [3.63, 3.8) is 0 Å². The van der Waals surface area contributed by atoms with Gasteiger partial charge in [-0.15, -0.1) is 11.3 Å². The number of thiophene rings is 1. The second kappa shape index (κ2) is 7.70. The summed E-state index contributed by atoms with van der Waals surface area (Å²) in [6.07, 6.45) is 5.82. The number of benzene rings is 1. The van der Waals surface area contributed by atoms with Crippen molar-refractivity contribution in [2.45, 2.75) is 32.6 Å². The molecule has 132 valence electrons. The minimum Gasteiger partial charge on any atom is -0.504 e. The minimum atomic E-state index is -0.294. The quantitative estimate of drug-likeness (QED) is 0.639. The number of hydrogen-bond acceptors (Lipinski definition) is 6. The average Bonchev–Trinajstić information content (AvgIpc) is 2.99. The van der Waals surface area contributed by atoms with Crippen molar-refractivity contribution in [2.75, 3.05) is 13.7 Å². The molecule has 0 aliphatic heterocycles. The zero-order valence-electron chi connectivity index (χ0n) is 14.4. The summed E-state index contributed by atoms with van der Waals surface area (Å²) in [6.45, 7) is 2.16. The Bertz CT molecular complexity index is 810.